The second-order valence-corrected chi connectivity index (χ2v) is 4.05. The third-order valence-electron chi connectivity index (χ3n) is 2.41. The summed E-state index contributed by atoms with van der Waals surface area (Å²) in [6.07, 6.45) is 4.72. The minimum atomic E-state index is 0.673. The molecule has 2 heteroatoms. The number of rotatable bonds is 3. The standard InChI is InChI=1S/C15H11ClO/c16-15-7-2-1-6-14(15)9-8-12-4-3-5-13(10-12)11-17/h1-11H. The Morgan fingerprint density at radius 1 is 0.882 bits per heavy atom. The lowest BCUT2D eigenvalue weighted by Crippen LogP contribution is -1.80. The minimum absolute atomic E-state index is 0.673. The summed E-state index contributed by atoms with van der Waals surface area (Å²) in [5.74, 6) is 0. The van der Waals surface area contributed by atoms with Gasteiger partial charge in [0.05, 0.1) is 0 Å². The predicted octanol–water partition coefficient (Wildman–Crippen LogP) is 4.32. The Bertz CT molecular complexity index is 558. The van der Waals surface area contributed by atoms with E-state index in [0.717, 1.165) is 22.4 Å². The third-order valence-corrected chi connectivity index (χ3v) is 2.75. The van der Waals surface area contributed by atoms with Gasteiger partial charge in [-0.05, 0) is 23.3 Å². The van der Waals surface area contributed by atoms with Crippen LogP contribution in [0.5, 0.6) is 0 Å². The first-order chi connectivity index (χ1) is 8.29. The summed E-state index contributed by atoms with van der Waals surface area (Å²) in [7, 11) is 0. The molecule has 0 aliphatic carbocycles. The first kappa shape index (κ1) is 11.6. The van der Waals surface area contributed by atoms with Crippen LogP contribution in [0.25, 0.3) is 12.2 Å². The predicted molar refractivity (Wildman–Crippen MR) is 72.2 cm³/mol. The second kappa shape index (κ2) is 5.46. The van der Waals surface area contributed by atoms with Crippen LogP contribution in [0.2, 0.25) is 5.02 Å². The Balaban J connectivity index is 2.26. The van der Waals surface area contributed by atoms with Gasteiger partial charge >= 0.3 is 0 Å². The van der Waals surface area contributed by atoms with Crippen LogP contribution >= 0.6 is 11.6 Å². The van der Waals surface area contributed by atoms with Crippen LogP contribution in [0.3, 0.4) is 0 Å². The fraction of sp³-hybridized carbons (Fsp3) is 0. The van der Waals surface area contributed by atoms with Crippen LogP contribution in [0.1, 0.15) is 21.5 Å². The number of hydrogen-bond acceptors (Lipinski definition) is 1. The fourth-order valence-corrected chi connectivity index (χ4v) is 1.73. The summed E-state index contributed by atoms with van der Waals surface area (Å²) >= 11 is 6.04. The first-order valence-corrected chi connectivity index (χ1v) is 5.65. The average molecular weight is 243 g/mol. The van der Waals surface area contributed by atoms with Gasteiger partial charge < -0.3 is 0 Å². The highest BCUT2D eigenvalue weighted by Gasteiger charge is 1.94. The van der Waals surface area contributed by atoms with Crippen LogP contribution in [0.4, 0.5) is 0 Å². The quantitative estimate of drug-likeness (QED) is 0.579. The lowest BCUT2D eigenvalue weighted by atomic mass is 10.1. The molecule has 0 saturated carbocycles. The van der Waals surface area contributed by atoms with Crippen molar-refractivity contribution >= 4 is 30.0 Å². The molecule has 2 aromatic carbocycles. The third kappa shape index (κ3) is 3.05. The molecule has 1 nitrogen and oxygen atoms in total. The monoisotopic (exact) mass is 242 g/mol. The van der Waals surface area contributed by atoms with Crippen molar-refractivity contribution in [2.24, 2.45) is 0 Å². The number of hydrogen-bond donors (Lipinski definition) is 0. The van der Waals surface area contributed by atoms with E-state index in [1.165, 1.54) is 0 Å². The van der Waals surface area contributed by atoms with E-state index in [2.05, 4.69) is 0 Å². The summed E-state index contributed by atoms with van der Waals surface area (Å²) in [6, 6.07) is 15.0. The van der Waals surface area contributed by atoms with Crippen molar-refractivity contribution in [1.29, 1.82) is 0 Å². The van der Waals surface area contributed by atoms with Gasteiger partial charge in [-0.1, -0.05) is 60.2 Å². The van der Waals surface area contributed by atoms with E-state index in [-0.39, 0.29) is 0 Å². The zero-order valence-corrected chi connectivity index (χ0v) is 9.89. The van der Waals surface area contributed by atoms with Crippen molar-refractivity contribution in [1.82, 2.24) is 0 Å². The number of carbonyl (C=O) groups excluding carboxylic acids is 1. The zero-order valence-electron chi connectivity index (χ0n) is 9.14. The number of carbonyl (C=O) groups is 1. The summed E-state index contributed by atoms with van der Waals surface area (Å²) in [5.41, 5.74) is 2.62. The molecule has 0 aliphatic heterocycles. The maximum Gasteiger partial charge on any atom is 0.150 e. The molecule has 2 aromatic rings. The topological polar surface area (TPSA) is 17.1 Å². The van der Waals surface area contributed by atoms with E-state index in [0.29, 0.717) is 5.56 Å². The van der Waals surface area contributed by atoms with E-state index in [1.807, 2.05) is 54.6 Å². The molecule has 0 radical (unpaired) electrons. The zero-order chi connectivity index (χ0) is 12.1. The molecule has 0 aromatic heterocycles. The van der Waals surface area contributed by atoms with Gasteiger partial charge in [0.15, 0.2) is 0 Å². The van der Waals surface area contributed by atoms with Crippen molar-refractivity contribution in [3.63, 3.8) is 0 Å². The second-order valence-electron chi connectivity index (χ2n) is 3.64. The molecule has 0 saturated heterocycles. The molecule has 84 valence electrons. The maximum absolute atomic E-state index is 10.6. The first-order valence-electron chi connectivity index (χ1n) is 5.27. The number of halogens is 1. The Morgan fingerprint density at radius 3 is 2.41 bits per heavy atom. The van der Waals surface area contributed by atoms with E-state index < -0.39 is 0 Å². The summed E-state index contributed by atoms with van der Waals surface area (Å²) < 4.78 is 0. The van der Waals surface area contributed by atoms with Gasteiger partial charge in [-0.15, -0.1) is 0 Å². The molecule has 0 heterocycles. The summed E-state index contributed by atoms with van der Waals surface area (Å²) in [4.78, 5) is 10.6. The Morgan fingerprint density at radius 2 is 1.65 bits per heavy atom. The summed E-state index contributed by atoms with van der Waals surface area (Å²) in [5, 5.41) is 0.718. The van der Waals surface area contributed by atoms with Crippen LogP contribution in [0.15, 0.2) is 48.5 Å². The molecule has 0 N–H and O–H groups in total. The average Bonchev–Trinajstić information content (AvgIpc) is 2.38. The van der Waals surface area contributed by atoms with E-state index in [9.17, 15) is 4.79 Å². The van der Waals surface area contributed by atoms with E-state index >= 15 is 0 Å². The fourth-order valence-electron chi connectivity index (χ4n) is 1.53. The van der Waals surface area contributed by atoms with E-state index in [4.69, 9.17) is 11.6 Å². The normalized spacial score (nSPS) is 10.6. The van der Waals surface area contributed by atoms with Gasteiger partial charge in [-0.25, -0.2) is 0 Å². The molecule has 0 fully saturated rings. The Kier molecular flexibility index (Phi) is 3.73. The van der Waals surface area contributed by atoms with Crippen molar-refractivity contribution in [3.05, 3.63) is 70.2 Å². The van der Waals surface area contributed by atoms with Crippen molar-refractivity contribution in [3.8, 4) is 0 Å². The molecule has 0 spiro atoms. The maximum atomic E-state index is 10.6. The molecule has 17 heavy (non-hydrogen) atoms. The Hall–Kier alpha value is -1.86. The minimum Gasteiger partial charge on any atom is -0.298 e. The van der Waals surface area contributed by atoms with Crippen molar-refractivity contribution in [2.75, 3.05) is 0 Å². The highest BCUT2D eigenvalue weighted by Crippen LogP contribution is 2.18. The molecule has 0 aliphatic rings. The molecule has 0 atom stereocenters. The molecule has 0 amide bonds. The van der Waals surface area contributed by atoms with Crippen LogP contribution < -0.4 is 0 Å². The Labute approximate surface area is 105 Å². The molecular weight excluding hydrogens is 232 g/mol. The SMILES string of the molecule is O=Cc1cccc(C=Cc2ccccc2Cl)c1. The van der Waals surface area contributed by atoms with Gasteiger partial charge in [-0.3, -0.25) is 4.79 Å². The summed E-state index contributed by atoms with van der Waals surface area (Å²) in [6.45, 7) is 0. The lowest BCUT2D eigenvalue weighted by molar-refractivity contribution is 0.112. The largest absolute Gasteiger partial charge is 0.298 e. The van der Waals surface area contributed by atoms with Gasteiger partial charge in [0.1, 0.15) is 6.29 Å². The molecule has 0 unspecified atom stereocenters. The van der Waals surface area contributed by atoms with Gasteiger partial charge in [0.25, 0.3) is 0 Å². The number of aldehydes is 1. The molecule has 2 rings (SSSR count). The van der Waals surface area contributed by atoms with Gasteiger partial charge in [0.2, 0.25) is 0 Å². The lowest BCUT2D eigenvalue weighted by Gasteiger charge is -1.97. The van der Waals surface area contributed by atoms with Crippen LogP contribution in [-0.2, 0) is 0 Å². The van der Waals surface area contributed by atoms with Gasteiger partial charge in [0, 0.05) is 10.6 Å². The highest BCUT2D eigenvalue weighted by molar-refractivity contribution is 6.32. The van der Waals surface area contributed by atoms with E-state index in [1.54, 1.807) is 6.07 Å². The number of benzene rings is 2. The van der Waals surface area contributed by atoms with Crippen LogP contribution in [-0.4, -0.2) is 6.29 Å². The van der Waals surface area contributed by atoms with Crippen LogP contribution in [0, 0.1) is 0 Å². The van der Waals surface area contributed by atoms with Crippen molar-refractivity contribution in [2.45, 2.75) is 0 Å². The molecule has 0 bridgehead atoms. The smallest absolute Gasteiger partial charge is 0.150 e. The molecular formula is C15H11ClO. The highest BCUT2D eigenvalue weighted by atomic mass is 35.5. The van der Waals surface area contributed by atoms with Gasteiger partial charge in [-0.2, -0.15) is 0 Å². The van der Waals surface area contributed by atoms with Crippen molar-refractivity contribution < 1.29 is 4.79 Å².